The molecule has 0 unspecified atom stereocenters. The average molecular weight is 434 g/mol. The third kappa shape index (κ3) is 4.42. The number of pyridine rings is 1. The summed E-state index contributed by atoms with van der Waals surface area (Å²) in [6.45, 7) is 13.1. The van der Waals surface area contributed by atoms with Gasteiger partial charge in [-0.05, 0) is 90.1 Å². The number of hydrogen-bond donors (Lipinski definition) is 1. The molecule has 1 aliphatic rings. The highest BCUT2D eigenvalue weighted by molar-refractivity contribution is 5.91. The van der Waals surface area contributed by atoms with Crippen molar-refractivity contribution in [3.63, 3.8) is 0 Å². The molecule has 0 bridgehead atoms. The molecule has 0 aliphatic carbocycles. The number of benzene rings is 1. The number of nitrogens with one attached hydrogen (secondary N) is 1. The van der Waals surface area contributed by atoms with Gasteiger partial charge in [0, 0.05) is 46.5 Å². The normalized spacial score (nSPS) is 18.0. The van der Waals surface area contributed by atoms with Crippen LogP contribution in [0.3, 0.4) is 0 Å². The lowest BCUT2D eigenvalue weighted by Gasteiger charge is -2.49. The molecule has 6 heteroatoms. The number of hydrogen-bond acceptors (Lipinski definition) is 6. The lowest BCUT2D eigenvalue weighted by molar-refractivity contribution is 0.160. The van der Waals surface area contributed by atoms with Crippen LogP contribution in [-0.2, 0) is 0 Å². The number of rotatable bonds is 4. The van der Waals surface area contributed by atoms with Gasteiger partial charge in [-0.2, -0.15) is 0 Å². The van der Waals surface area contributed by atoms with Crippen molar-refractivity contribution >= 4 is 16.6 Å². The number of anilines is 1. The molecule has 0 saturated carbocycles. The standard InChI is InChI=1S/C26H35N5O/c1-16-11-18-12-23(32-8)21(13-20(18)17(2)27-16)22-9-10-24(29-28-22)31(7)19-14-25(3,4)30-26(5,6)15-19/h9-13,19,30H,14-15H2,1-8H3. The van der Waals surface area contributed by atoms with Crippen LogP contribution in [0.15, 0.2) is 30.3 Å². The Labute approximate surface area is 191 Å². The maximum absolute atomic E-state index is 5.70. The Bertz CT molecular complexity index is 1120. The number of nitrogens with zero attached hydrogens (tertiary/aromatic N) is 4. The summed E-state index contributed by atoms with van der Waals surface area (Å²) in [6, 6.07) is 10.8. The third-order valence-corrected chi connectivity index (χ3v) is 6.47. The second-order valence-corrected chi connectivity index (χ2v) is 10.5. The Balaban J connectivity index is 1.66. The monoisotopic (exact) mass is 433 g/mol. The van der Waals surface area contributed by atoms with Crippen LogP contribution in [0.5, 0.6) is 5.75 Å². The van der Waals surface area contributed by atoms with Crippen molar-refractivity contribution in [2.45, 2.75) is 71.5 Å². The first-order chi connectivity index (χ1) is 15.0. The smallest absolute Gasteiger partial charge is 0.151 e. The number of methoxy groups -OCH3 is 1. The fourth-order valence-corrected chi connectivity index (χ4v) is 5.37. The van der Waals surface area contributed by atoms with Crippen LogP contribution in [0.25, 0.3) is 22.0 Å². The summed E-state index contributed by atoms with van der Waals surface area (Å²) >= 11 is 0. The van der Waals surface area contributed by atoms with Gasteiger partial charge in [0.1, 0.15) is 5.75 Å². The van der Waals surface area contributed by atoms with Crippen molar-refractivity contribution in [3.8, 4) is 17.0 Å². The van der Waals surface area contributed by atoms with Crippen molar-refractivity contribution < 1.29 is 4.74 Å². The van der Waals surface area contributed by atoms with Crippen molar-refractivity contribution in [2.24, 2.45) is 0 Å². The zero-order chi connectivity index (χ0) is 23.3. The summed E-state index contributed by atoms with van der Waals surface area (Å²) < 4.78 is 5.70. The predicted octanol–water partition coefficient (Wildman–Crippen LogP) is 5.06. The van der Waals surface area contributed by atoms with E-state index in [0.29, 0.717) is 6.04 Å². The largest absolute Gasteiger partial charge is 0.496 e. The van der Waals surface area contributed by atoms with Crippen LogP contribution in [0.1, 0.15) is 51.9 Å². The minimum Gasteiger partial charge on any atom is -0.496 e. The van der Waals surface area contributed by atoms with Gasteiger partial charge in [0.05, 0.1) is 12.8 Å². The lowest BCUT2D eigenvalue weighted by Crippen LogP contribution is -2.62. The van der Waals surface area contributed by atoms with E-state index >= 15 is 0 Å². The number of ether oxygens (including phenoxy) is 1. The van der Waals surface area contributed by atoms with Crippen molar-refractivity contribution in [2.75, 3.05) is 19.1 Å². The summed E-state index contributed by atoms with van der Waals surface area (Å²) in [5.74, 6) is 1.68. The second kappa shape index (κ2) is 8.00. The van der Waals surface area contributed by atoms with Crippen LogP contribution in [0.2, 0.25) is 0 Å². The minimum atomic E-state index is 0.0801. The van der Waals surface area contributed by atoms with E-state index in [4.69, 9.17) is 4.74 Å². The molecule has 1 saturated heterocycles. The molecule has 1 aromatic carbocycles. The van der Waals surface area contributed by atoms with E-state index in [1.165, 1.54) is 0 Å². The molecular formula is C26H35N5O. The predicted molar refractivity (Wildman–Crippen MR) is 132 cm³/mol. The fraction of sp³-hybridized carbons (Fsp3) is 0.500. The van der Waals surface area contributed by atoms with Crippen LogP contribution in [0, 0.1) is 13.8 Å². The van der Waals surface area contributed by atoms with E-state index in [1.807, 2.05) is 19.9 Å². The summed E-state index contributed by atoms with van der Waals surface area (Å²) in [5, 5.41) is 15.2. The van der Waals surface area contributed by atoms with Crippen molar-refractivity contribution in [1.29, 1.82) is 0 Å². The third-order valence-electron chi connectivity index (χ3n) is 6.47. The van der Waals surface area contributed by atoms with Crippen LogP contribution in [-0.4, -0.2) is 46.5 Å². The molecule has 1 N–H and O–H groups in total. The molecule has 32 heavy (non-hydrogen) atoms. The molecule has 1 aliphatic heterocycles. The topological polar surface area (TPSA) is 63.2 Å². The lowest BCUT2D eigenvalue weighted by atomic mass is 9.79. The highest BCUT2D eigenvalue weighted by atomic mass is 16.5. The van der Waals surface area contributed by atoms with E-state index in [0.717, 1.165) is 57.8 Å². The quantitative estimate of drug-likeness (QED) is 0.620. The van der Waals surface area contributed by atoms with Crippen LogP contribution >= 0.6 is 0 Å². The highest BCUT2D eigenvalue weighted by Gasteiger charge is 2.39. The molecule has 0 spiro atoms. The summed E-state index contributed by atoms with van der Waals surface area (Å²) in [6.07, 6.45) is 2.11. The molecule has 0 amide bonds. The number of fused-ring (bicyclic) bond motifs is 1. The molecular weight excluding hydrogens is 398 g/mol. The molecule has 3 heterocycles. The number of aromatic nitrogens is 3. The Morgan fingerprint density at radius 3 is 2.28 bits per heavy atom. The molecule has 170 valence electrons. The first kappa shape index (κ1) is 22.5. The maximum Gasteiger partial charge on any atom is 0.151 e. The van der Waals surface area contributed by atoms with E-state index in [2.05, 4.69) is 84.4 Å². The summed E-state index contributed by atoms with van der Waals surface area (Å²) in [5.41, 5.74) is 3.89. The fourth-order valence-electron chi connectivity index (χ4n) is 5.37. The van der Waals surface area contributed by atoms with E-state index in [9.17, 15) is 0 Å². The van der Waals surface area contributed by atoms with E-state index in [-0.39, 0.29) is 11.1 Å². The van der Waals surface area contributed by atoms with Crippen molar-refractivity contribution in [1.82, 2.24) is 20.5 Å². The van der Waals surface area contributed by atoms with Gasteiger partial charge in [-0.25, -0.2) is 0 Å². The van der Waals surface area contributed by atoms with Crippen LogP contribution < -0.4 is 15.0 Å². The molecule has 0 radical (unpaired) electrons. The van der Waals surface area contributed by atoms with E-state index < -0.39 is 0 Å². The molecule has 3 aromatic rings. The molecule has 1 fully saturated rings. The Hall–Kier alpha value is -2.73. The Morgan fingerprint density at radius 1 is 1.00 bits per heavy atom. The molecule has 4 rings (SSSR count). The summed E-state index contributed by atoms with van der Waals surface area (Å²) in [7, 11) is 3.82. The number of aryl methyl sites for hydroxylation is 2. The Morgan fingerprint density at radius 2 is 1.69 bits per heavy atom. The molecule has 6 nitrogen and oxygen atoms in total. The second-order valence-electron chi connectivity index (χ2n) is 10.5. The van der Waals surface area contributed by atoms with Gasteiger partial charge in [0.25, 0.3) is 0 Å². The zero-order valence-corrected chi connectivity index (χ0v) is 20.6. The first-order valence-electron chi connectivity index (χ1n) is 11.3. The highest BCUT2D eigenvalue weighted by Crippen LogP contribution is 2.36. The van der Waals surface area contributed by atoms with Gasteiger partial charge in [0.2, 0.25) is 0 Å². The van der Waals surface area contributed by atoms with Gasteiger partial charge >= 0.3 is 0 Å². The van der Waals surface area contributed by atoms with Gasteiger partial charge < -0.3 is 15.0 Å². The Kier molecular flexibility index (Phi) is 5.61. The van der Waals surface area contributed by atoms with Crippen molar-refractivity contribution in [3.05, 3.63) is 41.7 Å². The van der Waals surface area contributed by atoms with Gasteiger partial charge in [-0.1, -0.05) is 0 Å². The zero-order valence-electron chi connectivity index (χ0n) is 20.6. The van der Waals surface area contributed by atoms with Crippen LogP contribution in [0.4, 0.5) is 5.82 Å². The molecule has 0 atom stereocenters. The molecule has 2 aromatic heterocycles. The van der Waals surface area contributed by atoms with Gasteiger partial charge in [0.15, 0.2) is 5.82 Å². The van der Waals surface area contributed by atoms with Gasteiger partial charge in [-0.15, -0.1) is 10.2 Å². The summed E-state index contributed by atoms with van der Waals surface area (Å²) in [4.78, 5) is 6.89. The number of piperidine rings is 1. The minimum absolute atomic E-state index is 0.0801. The van der Waals surface area contributed by atoms with E-state index in [1.54, 1.807) is 7.11 Å². The SMILES string of the molecule is COc1cc2cc(C)nc(C)c2cc1-c1ccc(N(C)C2CC(C)(C)NC(C)(C)C2)nn1. The maximum atomic E-state index is 5.70. The first-order valence-corrected chi connectivity index (χ1v) is 11.3. The van der Waals surface area contributed by atoms with Gasteiger partial charge in [-0.3, -0.25) is 4.98 Å². The average Bonchev–Trinajstić information content (AvgIpc) is 2.70.